The first kappa shape index (κ1) is 15.8. The lowest BCUT2D eigenvalue weighted by Gasteiger charge is -2.39. The number of hydrogen-bond acceptors (Lipinski definition) is 4. The van der Waals surface area contributed by atoms with Crippen LogP contribution >= 0.6 is 11.3 Å². The van der Waals surface area contributed by atoms with Crippen LogP contribution in [0.2, 0.25) is 0 Å². The predicted octanol–water partition coefficient (Wildman–Crippen LogP) is 2.59. The number of rotatable bonds is 3. The van der Waals surface area contributed by atoms with Gasteiger partial charge in [0.2, 0.25) is 5.91 Å². The van der Waals surface area contributed by atoms with Crippen molar-refractivity contribution in [1.82, 2.24) is 14.7 Å². The Hall–Kier alpha value is -1.66. The maximum absolute atomic E-state index is 12.6. The molecule has 0 radical (unpaired) electrons. The van der Waals surface area contributed by atoms with Crippen LogP contribution in [0.5, 0.6) is 0 Å². The minimum atomic E-state index is -0.164. The van der Waals surface area contributed by atoms with E-state index in [2.05, 4.69) is 16.7 Å². The Balaban J connectivity index is 1.42. The zero-order valence-corrected chi connectivity index (χ0v) is 14.8. The summed E-state index contributed by atoms with van der Waals surface area (Å²) in [6.07, 6.45) is 7.58. The SMILES string of the molecule is Cn1cc(C2COC3(CCCN(C(=O)Cc4ccsc4)C3)C2)cn1. The smallest absolute Gasteiger partial charge is 0.227 e. The molecule has 2 aliphatic rings. The number of ether oxygens (including phenoxy) is 1. The van der Waals surface area contributed by atoms with Gasteiger partial charge in [-0.05, 0) is 47.2 Å². The highest BCUT2D eigenvalue weighted by Crippen LogP contribution is 2.41. The molecule has 1 amide bonds. The number of likely N-dealkylation sites (tertiary alicyclic amines) is 1. The van der Waals surface area contributed by atoms with Gasteiger partial charge in [-0.25, -0.2) is 0 Å². The van der Waals surface area contributed by atoms with Crippen molar-refractivity contribution in [2.45, 2.75) is 37.2 Å². The number of piperidine rings is 1. The number of hydrogen-bond donors (Lipinski definition) is 0. The summed E-state index contributed by atoms with van der Waals surface area (Å²) in [4.78, 5) is 14.6. The Labute approximate surface area is 146 Å². The summed E-state index contributed by atoms with van der Waals surface area (Å²) in [5.74, 6) is 0.617. The highest BCUT2D eigenvalue weighted by molar-refractivity contribution is 7.07. The second-order valence-corrected chi connectivity index (χ2v) is 7.85. The monoisotopic (exact) mass is 345 g/mol. The van der Waals surface area contributed by atoms with Gasteiger partial charge in [0.05, 0.1) is 24.8 Å². The molecule has 0 N–H and O–H groups in total. The van der Waals surface area contributed by atoms with E-state index in [0.29, 0.717) is 12.3 Å². The van der Waals surface area contributed by atoms with Gasteiger partial charge in [0.15, 0.2) is 0 Å². The first-order valence-electron chi connectivity index (χ1n) is 8.55. The third-order valence-corrected chi connectivity index (χ3v) is 5.97. The first-order chi connectivity index (χ1) is 11.6. The van der Waals surface area contributed by atoms with Gasteiger partial charge in [-0.3, -0.25) is 9.48 Å². The number of carbonyl (C=O) groups excluding carboxylic acids is 1. The molecule has 5 nitrogen and oxygen atoms in total. The molecule has 2 unspecified atom stereocenters. The van der Waals surface area contributed by atoms with Crippen molar-refractivity contribution < 1.29 is 9.53 Å². The van der Waals surface area contributed by atoms with Crippen molar-refractivity contribution in [3.63, 3.8) is 0 Å². The molecule has 0 aromatic carbocycles. The third kappa shape index (κ3) is 3.13. The van der Waals surface area contributed by atoms with Crippen LogP contribution in [0.3, 0.4) is 0 Å². The number of aromatic nitrogens is 2. The summed E-state index contributed by atoms with van der Waals surface area (Å²) in [7, 11) is 1.94. The fourth-order valence-corrected chi connectivity index (χ4v) is 4.65. The molecular weight excluding hydrogens is 322 g/mol. The second-order valence-electron chi connectivity index (χ2n) is 7.07. The van der Waals surface area contributed by atoms with Gasteiger partial charge in [0.1, 0.15) is 0 Å². The molecule has 128 valence electrons. The molecule has 0 saturated carbocycles. The van der Waals surface area contributed by atoms with E-state index in [4.69, 9.17) is 4.74 Å². The average Bonchev–Trinajstić information content (AvgIpc) is 3.30. The molecule has 1 spiro atoms. The number of carbonyl (C=O) groups is 1. The molecule has 2 atom stereocenters. The fourth-order valence-electron chi connectivity index (χ4n) is 3.98. The Morgan fingerprint density at radius 3 is 3.21 bits per heavy atom. The zero-order chi connectivity index (χ0) is 16.6. The van der Waals surface area contributed by atoms with E-state index in [1.807, 2.05) is 34.3 Å². The van der Waals surface area contributed by atoms with Gasteiger partial charge < -0.3 is 9.64 Å². The van der Waals surface area contributed by atoms with Crippen molar-refractivity contribution in [1.29, 1.82) is 0 Å². The van der Waals surface area contributed by atoms with E-state index in [9.17, 15) is 4.79 Å². The molecule has 2 aromatic heterocycles. The third-order valence-electron chi connectivity index (χ3n) is 5.23. The lowest BCUT2D eigenvalue weighted by Crippen LogP contribution is -2.50. The van der Waals surface area contributed by atoms with E-state index < -0.39 is 0 Å². The van der Waals surface area contributed by atoms with Gasteiger partial charge >= 0.3 is 0 Å². The summed E-state index contributed by atoms with van der Waals surface area (Å²) in [5, 5.41) is 8.36. The number of amides is 1. The van der Waals surface area contributed by atoms with Crippen molar-refractivity contribution in [3.8, 4) is 0 Å². The summed E-state index contributed by atoms with van der Waals surface area (Å²) in [5.41, 5.74) is 2.20. The van der Waals surface area contributed by atoms with Crippen LogP contribution in [0.4, 0.5) is 0 Å². The number of thiophene rings is 1. The first-order valence-corrected chi connectivity index (χ1v) is 9.49. The van der Waals surface area contributed by atoms with Crippen LogP contribution in [-0.4, -0.2) is 45.9 Å². The van der Waals surface area contributed by atoms with Crippen LogP contribution in [-0.2, 0) is 23.0 Å². The van der Waals surface area contributed by atoms with Crippen molar-refractivity contribution >= 4 is 17.2 Å². The molecule has 6 heteroatoms. The molecule has 2 saturated heterocycles. The minimum absolute atomic E-state index is 0.164. The topological polar surface area (TPSA) is 47.4 Å². The maximum atomic E-state index is 12.6. The van der Waals surface area contributed by atoms with E-state index in [1.54, 1.807) is 11.3 Å². The van der Waals surface area contributed by atoms with Crippen LogP contribution in [0.25, 0.3) is 0 Å². The van der Waals surface area contributed by atoms with Crippen LogP contribution in [0, 0.1) is 0 Å². The normalized spacial score (nSPS) is 27.0. The highest BCUT2D eigenvalue weighted by atomic mass is 32.1. The fraction of sp³-hybridized carbons (Fsp3) is 0.556. The van der Waals surface area contributed by atoms with E-state index in [-0.39, 0.29) is 11.5 Å². The number of nitrogens with zero attached hydrogens (tertiary/aromatic N) is 3. The highest BCUT2D eigenvalue weighted by Gasteiger charge is 2.45. The Morgan fingerprint density at radius 2 is 2.46 bits per heavy atom. The van der Waals surface area contributed by atoms with Gasteiger partial charge in [-0.1, -0.05) is 0 Å². The summed E-state index contributed by atoms with van der Waals surface area (Å²) < 4.78 is 8.09. The van der Waals surface area contributed by atoms with Crippen molar-refractivity contribution in [2.24, 2.45) is 7.05 Å². The molecule has 4 rings (SSSR count). The van der Waals surface area contributed by atoms with Crippen LogP contribution < -0.4 is 0 Å². The van der Waals surface area contributed by atoms with Gasteiger partial charge in [-0.15, -0.1) is 0 Å². The summed E-state index contributed by atoms with van der Waals surface area (Å²) in [6.45, 7) is 2.32. The molecule has 0 bridgehead atoms. The van der Waals surface area contributed by atoms with Crippen molar-refractivity contribution in [2.75, 3.05) is 19.7 Å². The number of aryl methyl sites for hydroxylation is 1. The Morgan fingerprint density at radius 1 is 1.54 bits per heavy atom. The maximum Gasteiger partial charge on any atom is 0.227 e. The summed E-state index contributed by atoms with van der Waals surface area (Å²) >= 11 is 1.64. The quantitative estimate of drug-likeness (QED) is 0.859. The van der Waals surface area contributed by atoms with Crippen molar-refractivity contribution in [3.05, 3.63) is 40.3 Å². The Bertz CT molecular complexity index is 712. The molecule has 4 heterocycles. The van der Waals surface area contributed by atoms with E-state index in [1.165, 1.54) is 5.56 Å². The van der Waals surface area contributed by atoms with E-state index in [0.717, 1.165) is 44.5 Å². The standard InChI is InChI=1S/C18H23N3O2S/c1-20-10-16(9-19-20)15-8-18(23-11-15)4-2-5-21(13-18)17(22)7-14-3-6-24-12-14/h3,6,9-10,12,15H,2,4-5,7-8,11,13H2,1H3. The molecule has 24 heavy (non-hydrogen) atoms. The van der Waals surface area contributed by atoms with Gasteiger partial charge in [0.25, 0.3) is 0 Å². The van der Waals surface area contributed by atoms with E-state index >= 15 is 0 Å². The summed E-state index contributed by atoms with van der Waals surface area (Å²) in [6, 6.07) is 2.03. The molecule has 2 aromatic rings. The average molecular weight is 345 g/mol. The second kappa shape index (κ2) is 6.33. The van der Waals surface area contributed by atoms with Crippen LogP contribution in [0.1, 0.15) is 36.3 Å². The van der Waals surface area contributed by atoms with Crippen LogP contribution in [0.15, 0.2) is 29.2 Å². The lowest BCUT2D eigenvalue weighted by atomic mass is 9.85. The lowest BCUT2D eigenvalue weighted by molar-refractivity contribution is -0.138. The largest absolute Gasteiger partial charge is 0.372 e. The minimum Gasteiger partial charge on any atom is -0.372 e. The molecular formula is C18H23N3O2S. The van der Waals surface area contributed by atoms with Gasteiger partial charge in [-0.2, -0.15) is 16.4 Å². The van der Waals surface area contributed by atoms with Gasteiger partial charge in [0, 0.05) is 32.3 Å². The molecule has 2 aliphatic heterocycles. The Kier molecular flexibility index (Phi) is 4.18. The molecule has 0 aliphatic carbocycles. The zero-order valence-electron chi connectivity index (χ0n) is 14.0. The molecule has 2 fully saturated rings. The predicted molar refractivity (Wildman–Crippen MR) is 93.1 cm³/mol.